The fourth-order valence-electron chi connectivity index (χ4n) is 1.51. The highest BCUT2D eigenvalue weighted by Gasteiger charge is 2.03. The van der Waals surface area contributed by atoms with Crippen molar-refractivity contribution in [3.05, 3.63) is 35.9 Å². The van der Waals surface area contributed by atoms with Crippen molar-refractivity contribution in [3.8, 4) is 0 Å². The van der Waals surface area contributed by atoms with Crippen molar-refractivity contribution in [3.63, 3.8) is 0 Å². The van der Waals surface area contributed by atoms with Crippen LogP contribution in [0.2, 0.25) is 0 Å². The summed E-state index contributed by atoms with van der Waals surface area (Å²) < 4.78 is 0. The molecule has 17 heavy (non-hydrogen) atoms. The molecule has 3 N–H and O–H groups in total. The molecule has 0 aliphatic carbocycles. The largest absolute Gasteiger partial charge is 0.337 e. The summed E-state index contributed by atoms with van der Waals surface area (Å²) in [5, 5.41) is 8.88. The number of urea groups is 1. The smallest absolute Gasteiger partial charge is 0.315 e. The second-order valence-electron chi connectivity index (χ2n) is 4.01. The lowest BCUT2D eigenvalue weighted by Crippen LogP contribution is -2.43. The van der Waals surface area contributed by atoms with Gasteiger partial charge in [-0.15, -0.1) is 0 Å². The fraction of sp³-hybridized carbons (Fsp3) is 0.462. The van der Waals surface area contributed by atoms with Crippen LogP contribution in [0.3, 0.4) is 0 Å². The zero-order chi connectivity index (χ0) is 12.5. The van der Waals surface area contributed by atoms with Crippen molar-refractivity contribution in [1.82, 2.24) is 16.0 Å². The van der Waals surface area contributed by atoms with E-state index in [1.54, 1.807) is 0 Å². The third-order valence-electron chi connectivity index (χ3n) is 2.42. The van der Waals surface area contributed by atoms with E-state index in [0.29, 0.717) is 19.1 Å². The molecular formula is C13H21N3O. The first-order valence-electron chi connectivity index (χ1n) is 6.01. The second-order valence-corrected chi connectivity index (χ2v) is 4.01. The van der Waals surface area contributed by atoms with E-state index in [0.717, 1.165) is 12.1 Å². The molecule has 0 saturated heterocycles. The molecule has 0 aliphatic rings. The van der Waals surface area contributed by atoms with E-state index >= 15 is 0 Å². The third kappa shape index (κ3) is 5.92. The standard InChI is InChI=1S/C13H21N3O/c1-3-14-11(2)9-15-13(17)16-10-12-7-5-4-6-8-12/h4-8,11,14H,3,9-10H2,1-2H3,(H2,15,16,17)/t11-/m0/s1. The van der Waals surface area contributed by atoms with Crippen LogP contribution in [0.15, 0.2) is 30.3 Å². The Morgan fingerprint density at radius 1 is 1.24 bits per heavy atom. The molecule has 0 aromatic heterocycles. The maximum Gasteiger partial charge on any atom is 0.315 e. The number of likely N-dealkylation sites (N-methyl/N-ethyl adjacent to an activating group) is 1. The Bertz CT molecular complexity index is 327. The van der Waals surface area contributed by atoms with Crippen LogP contribution in [0.25, 0.3) is 0 Å². The molecule has 4 nitrogen and oxygen atoms in total. The van der Waals surface area contributed by atoms with Crippen LogP contribution in [-0.4, -0.2) is 25.2 Å². The normalized spacial score (nSPS) is 11.9. The van der Waals surface area contributed by atoms with Gasteiger partial charge in [0.25, 0.3) is 0 Å². The van der Waals surface area contributed by atoms with Gasteiger partial charge in [0.2, 0.25) is 0 Å². The number of carbonyl (C=O) groups excluding carboxylic acids is 1. The molecule has 0 heterocycles. The summed E-state index contributed by atoms with van der Waals surface area (Å²) in [5.41, 5.74) is 1.10. The van der Waals surface area contributed by atoms with Gasteiger partial charge in [0.1, 0.15) is 0 Å². The van der Waals surface area contributed by atoms with Crippen LogP contribution in [-0.2, 0) is 6.54 Å². The minimum absolute atomic E-state index is 0.126. The number of rotatable bonds is 6. The second kappa shape index (κ2) is 7.68. The summed E-state index contributed by atoms with van der Waals surface area (Å²) in [6.45, 7) is 6.19. The average molecular weight is 235 g/mol. The summed E-state index contributed by atoms with van der Waals surface area (Å²) in [5.74, 6) is 0. The highest BCUT2D eigenvalue weighted by atomic mass is 16.2. The zero-order valence-electron chi connectivity index (χ0n) is 10.5. The number of carbonyl (C=O) groups is 1. The Hall–Kier alpha value is -1.55. The molecular weight excluding hydrogens is 214 g/mol. The Balaban J connectivity index is 2.17. The van der Waals surface area contributed by atoms with Crippen LogP contribution in [0.4, 0.5) is 4.79 Å². The molecule has 1 aromatic rings. The lowest BCUT2D eigenvalue weighted by Gasteiger charge is -2.13. The zero-order valence-corrected chi connectivity index (χ0v) is 10.5. The lowest BCUT2D eigenvalue weighted by molar-refractivity contribution is 0.239. The van der Waals surface area contributed by atoms with E-state index in [9.17, 15) is 4.79 Å². The maximum absolute atomic E-state index is 11.5. The number of hydrogen-bond acceptors (Lipinski definition) is 2. The van der Waals surface area contributed by atoms with Crippen LogP contribution >= 0.6 is 0 Å². The van der Waals surface area contributed by atoms with Crippen molar-refractivity contribution in [1.29, 1.82) is 0 Å². The first kappa shape index (κ1) is 13.5. The van der Waals surface area contributed by atoms with Gasteiger partial charge in [-0.05, 0) is 19.0 Å². The quantitative estimate of drug-likeness (QED) is 0.699. The average Bonchev–Trinajstić information content (AvgIpc) is 2.35. The summed E-state index contributed by atoms with van der Waals surface area (Å²) >= 11 is 0. The molecule has 0 fully saturated rings. The van der Waals surface area contributed by atoms with Crippen LogP contribution in [0.5, 0.6) is 0 Å². The summed E-state index contributed by atoms with van der Waals surface area (Å²) in [6.07, 6.45) is 0. The number of hydrogen-bond donors (Lipinski definition) is 3. The first-order chi connectivity index (χ1) is 8.22. The van der Waals surface area contributed by atoms with E-state index in [-0.39, 0.29) is 6.03 Å². The topological polar surface area (TPSA) is 53.2 Å². The van der Waals surface area contributed by atoms with Gasteiger partial charge in [-0.3, -0.25) is 0 Å². The minimum Gasteiger partial charge on any atom is -0.337 e. The molecule has 94 valence electrons. The highest BCUT2D eigenvalue weighted by Crippen LogP contribution is 1.96. The molecule has 2 amide bonds. The van der Waals surface area contributed by atoms with E-state index in [1.165, 1.54) is 0 Å². The van der Waals surface area contributed by atoms with E-state index < -0.39 is 0 Å². The first-order valence-corrected chi connectivity index (χ1v) is 6.01. The van der Waals surface area contributed by atoms with Crippen LogP contribution in [0.1, 0.15) is 19.4 Å². The number of amides is 2. The van der Waals surface area contributed by atoms with Crippen LogP contribution in [0, 0.1) is 0 Å². The van der Waals surface area contributed by atoms with Crippen molar-refractivity contribution in [2.45, 2.75) is 26.4 Å². The third-order valence-corrected chi connectivity index (χ3v) is 2.42. The molecule has 1 atom stereocenters. The molecule has 1 rings (SSSR count). The molecule has 0 spiro atoms. The molecule has 0 unspecified atom stereocenters. The molecule has 0 bridgehead atoms. The molecule has 0 aliphatic heterocycles. The molecule has 1 aromatic carbocycles. The van der Waals surface area contributed by atoms with Gasteiger partial charge in [-0.1, -0.05) is 37.3 Å². The SMILES string of the molecule is CCN[C@@H](C)CNC(=O)NCc1ccccc1. The number of benzene rings is 1. The van der Waals surface area contributed by atoms with Crippen molar-refractivity contribution < 1.29 is 4.79 Å². The molecule has 0 radical (unpaired) electrons. The van der Waals surface area contributed by atoms with Crippen LogP contribution < -0.4 is 16.0 Å². The Morgan fingerprint density at radius 2 is 1.94 bits per heavy atom. The Labute approximate surface area is 103 Å². The summed E-state index contributed by atoms with van der Waals surface area (Å²) in [4.78, 5) is 11.5. The van der Waals surface area contributed by atoms with E-state index in [4.69, 9.17) is 0 Å². The summed E-state index contributed by atoms with van der Waals surface area (Å²) in [6, 6.07) is 10.0. The summed E-state index contributed by atoms with van der Waals surface area (Å²) in [7, 11) is 0. The monoisotopic (exact) mass is 235 g/mol. The van der Waals surface area contributed by atoms with E-state index in [1.807, 2.05) is 44.2 Å². The van der Waals surface area contributed by atoms with Crippen molar-refractivity contribution in [2.24, 2.45) is 0 Å². The van der Waals surface area contributed by atoms with Gasteiger partial charge in [0.15, 0.2) is 0 Å². The lowest BCUT2D eigenvalue weighted by atomic mass is 10.2. The Kier molecular flexibility index (Phi) is 6.10. The fourth-order valence-corrected chi connectivity index (χ4v) is 1.51. The van der Waals surface area contributed by atoms with Gasteiger partial charge >= 0.3 is 6.03 Å². The highest BCUT2D eigenvalue weighted by molar-refractivity contribution is 5.73. The Morgan fingerprint density at radius 3 is 2.59 bits per heavy atom. The molecule has 4 heteroatoms. The van der Waals surface area contributed by atoms with Crippen molar-refractivity contribution >= 4 is 6.03 Å². The van der Waals surface area contributed by atoms with Gasteiger partial charge in [0.05, 0.1) is 0 Å². The minimum atomic E-state index is -0.126. The van der Waals surface area contributed by atoms with Gasteiger partial charge in [-0.2, -0.15) is 0 Å². The molecule has 0 saturated carbocycles. The van der Waals surface area contributed by atoms with Gasteiger partial charge in [-0.25, -0.2) is 4.79 Å². The predicted octanol–water partition coefficient (Wildman–Crippen LogP) is 1.48. The van der Waals surface area contributed by atoms with E-state index in [2.05, 4.69) is 16.0 Å². The maximum atomic E-state index is 11.5. The predicted molar refractivity (Wildman–Crippen MR) is 69.8 cm³/mol. The number of nitrogens with one attached hydrogen (secondary N) is 3. The van der Waals surface area contributed by atoms with Crippen molar-refractivity contribution in [2.75, 3.05) is 13.1 Å². The van der Waals surface area contributed by atoms with Gasteiger partial charge in [0, 0.05) is 19.1 Å². The van der Waals surface area contributed by atoms with Gasteiger partial charge < -0.3 is 16.0 Å².